The highest BCUT2D eigenvalue weighted by molar-refractivity contribution is 5.92. The first-order valence-corrected chi connectivity index (χ1v) is 8.62. The Morgan fingerprint density at radius 1 is 1.37 bits per heavy atom. The summed E-state index contributed by atoms with van der Waals surface area (Å²) < 4.78 is 44.1. The van der Waals surface area contributed by atoms with Crippen LogP contribution in [0, 0.1) is 0 Å². The van der Waals surface area contributed by atoms with Crippen LogP contribution in [-0.2, 0) is 19.3 Å². The van der Waals surface area contributed by atoms with Crippen molar-refractivity contribution < 1.29 is 27.6 Å². The van der Waals surface area contributed by atoms with Crippen LogP contribution in [0.4, 0.5) is 13.2 Å². The minimum Gasteiger partial charge on any atom is -0.392 e. The molecule has 2 N–H and O–H groups in total. The summed E-state index contributed by atoms with van der Waals surface area (Å²) in [6, 6.07) is 6.54. The van der Waals surface area contributed by atoms with Crippen molar-refractivity contribution in [3.63, 3.8) is 0 Å². The molecule has 0 aliphatic carbocycles. The zero-order valence-corrected chi connectivity index (χ0v) is 14.5. The van der Waals surface area contributed by atoms with Crippen molar-refractivity contribution in [3.05, 3.63) is 52.9 Å². The number of piperidine rings is 1. The van der Waals surface area contributed by atoms with Crippen molar-refractivity contribution in [2.24, 2.45) is 0 Å². The number of amides is 1. The summed E-state index contributed by atoms with van der Waals surface area (Å²) in [5.41, 5.74) is -0.800. The zero-order valence-electron chi connectivity index (χ0n) is 14.5. The van der Waals surface area contributed by atoms with Crippen molar-refractivity contribution >= 4 is 5.91 Å². The number of nitrogens with one attached hydrogen (secondary N) is 1. The van der Waals surface area contributed by atoms with Gasteiger partial charge in [-0.15, -0.1) is 0 Å². The summed E-state index contributed by atoms with van der Waals surface area (Å²) in [6.45, 7) is 1.48. The van der Waals surface area contributed by atoms with Crippen LogP contribution in [0.5, 0.6) is 0 Å². The number of halogens is 3. The van der Waals surface area contributed by atoms with Gasteiger partial charge in [0, 0.05) is 19.2 Å². The molecule has 1 atom stereocenters. The molecule has 0 saturated carbocycles. The molecule has 1 aliphatic rings. The van der Waals surface area contributed by atoms with E-state index in [0.717, 1.165) is 25.5 Å². The molecule has 0 unspecified atom stereocenters. The van der Waals surface area contributed by atoms with Gasteiger partial charge in [0.25, 0.3) is 5.91 Å². The van der Waals surface area contributed by atoms with Crippen molar-refractivity contribution in [1.82, 2.24) is 15.4 Å². The molecule has 0 spiro atoms. The molecule has 2 aromatic rings. The highest BCUT2D eigenvalue weighted by Gasteiger charge is 2.33. The van der Waals surface area contributed by atoms with Gasteiger partial charge in [-0.2, -0.15) is 13.2 Å². The van der Waals surface area contributed by atoms with Crippen LogP contribution < -0.4 is 5.32 Å². The Bertz CT molecular complexity index is 791. The monoisotopic (exact) mass is 383 g/mol. The standard InChI is InChI=1S/C18H20F3N3O3/c19-18(20,21)15-6-2-1-4-12(15)9-22-17(26)16-8-14(27-23-16)11-24-7-3-5-13(25)10-24/h1-2,4,6,8,13,25H,3,5,7,9-11H2,(H,22,26)/t13-/m0/s1. The van der Waals surface area contributed by atoms with E-state index in [-0.39, 0.29) is 23.9 Å². The van der Waals surface area contributed by atoms with Gasteiger partial charge in [0.05, 0.1) is 18.2 Å². The van der Waals surface area contributed by atoms with Crippen LogP contribution in [0.15, 0.2) is 34.9 Å². The number of alkyl halides is 3. The Labute approximate surface area is 153 Å². The van der Waals surface area contributed by atoms with Gasteiger partial charge in [-0.05, 0) is 31.0 Å². The maximum absolute atomic E-state index is 13.0. The summed E-state index contributed by atoms with van der Waals surface area (Å²) in [7, 11) is 0. The molecule has 9 heteroatoms. The number of nitrogens with zero attached hydrogens (tertiary/aromatic N) is 2. The molecule has 1 aliphatic heterocycles. The quantitative estimate of drug-likeness (QED) is 0.830. The minimum atomic E-state index is -4.48. The number of hydrogen-bond acceptors (Lipinski definition) is 5. The number of β-amino-alcohol motifs (C(OH)–C–C–N with tert-alkyl or cyclic N) is 1. The van der Waals surface area contributed by atoms with Crippen LogP contribution in [0.2, 0.25) is 0 Å². The van der Waals surface area contributed by atoms with E-state index in [1.54, 1.807) is 0 Å². The van der Waals surface area contributed by atoms with Crippen molar-refractivity contribution in [3.8, 4) is 0 Å². The maximum atomic E-state index is 13.0. The topological polar surface area (TPSA) is 78.6 Å². The van der Waals surface area contributed by atoms with Gasteiger partial charge in [0.1, 0.15) is 0 Å². The largest absolute Gasteiger partial charge is 0.416 e. The normalized spacial score (nSPS) is 18.4. The lowest BCUT2D eigenvalue weighted by atomic mass is 10.1. The van der Waals surface area contributed by atoms with Crippen molar-refractivity contribution in [1.29, 1.82) is 0 Å². The fraction of sp³-hybridized carbons (Fsp3) is 0.444. The predicted octanol–water partition coefficient (Wildman–Crippen LogP) is 2.58. The Morgan fingerprint density at radius 2 is 2.15 bits per heavy atom. The lowest BCUT2D eigenvalue weighted by molar-refractivity contribution is -0.138. The fourth-order valence-corrected chi connectivity index (χ4v) is 3.11. The van der Waals surface area contributed by atoms with Gasteiger partial charge in [0.2, 0.25) is 0 Å². The number of benzene rings is 1. The van der Waals surface area contributed by atoms with E-state index in [1.807, 2.05) is 4.90 Å². The Kier molecular flexibility index (Phi) is 5.81. The van der Waals surface area contributed by atoms with Crippen molar-refractivity contribution in [2.75, 3.05) is 13.1 Å². The number of rotatable bonds is 5. The number of aromatic nitrogens is 1. The second-order valence-electron chi connectivity index (χ2n) is 6.55. The number of carbonyl (C=O) groups is 1. The number of carbonyl (C=O) groups excluding carboxylic acids is 1. The third-order valence-corrected chi connectivity index (χ3v) is 4.41. The fourth-order valence-electron chi connectivity index (χ4n) is 3.11. The first kappa shape index (κ1) is 19.4. The third kappa shape index (κ3) is 5.08. The van der Waals surface area contributed by atoms with E-state index in [9.17, 15) is 23.1 Å². The molecular formula is C18H20F3N3O3. The van der Waals surface area contributed by atoms with Gasteiger partial charge in [-0.3, -0.25) is 9.69 Å². The lowest BCUT2D eigenvalue weighted by Gasteiger charge is -2.28. The average molecular weight is 383 g/mol. The average Bonchev–Trinajstić information content (AvgIpc) is 3.08. The molecule has 1 aromatic heterocycles. The van der Waals surface area contributed by atoms with Gasteiger partial charge in [-0.25, -0.2) is 0 Å². The van der Waals surface area contributed by atoms with E-state index < -0.39 is 17.6 Å². The molecule has 146 valence electrons. The highest BCUT2D eigenvalue weighted by atomic mass is 19.4. The van der Waals surface area contributed by atoms with Crippen molar-refractivity contribution in [2.45, 2.75) is 38.2 Å². The molecule has 1 aromatic carbocycles. The third-order valence-electron chi connectivity index (χ3n) is 4.41. The highest BCUT2D eigenvalue weighted by Crippen LogP contribution is 2.31. The maximum Gasteiger partial charge on any atom is 0.416 e. The molecule has 6 nitrogen and oxygen atoms in total. The van der Waals surface area contributed by atoms with Gasteiger partial charge in [-0.1, -0.05) is 23.4 Å². The van der Waals surface area contributed by atoms with Gasteiger partial charge in [0.15, 0.2) is 11.5 Å². The summed E-state index contributed by atoms with van der Waals surface area (Å²) in [5, 5.41) is 15.8. The van der Waals surface area contributed by atoms with E-state index in [1.165, 1.54) is 24.3 Å². The van der Waals surface area contributed by atoms with Crippen LogP contribution in [0.25, 0.3) is 0 Å². The van der Waals surface area contributed by atoms with Crippen LogP contribution in [0.1, 0.15) is 40.2 Å². The van der Waals surface area contributed by atoms with Gasteiger partial charge < -0.3 is 14.9 Å². The number of aliphatic hydroxyl groups excluding tert-OH is 1. The lowest BCUT2D eigenvalue weighted by Crippen LogP contribution is -2.37. The molecule has 0 radical (unpaired) electrons. The Morgan fingerprint density at radius 3 is 2.89 bits per heavy atom. The molecular weight excluding hydrogens is 363 g/mol. The molecule has 27 heavy (non-hydrogen) atoms. The van der Waals surface area contributed by atoms with E-state index >= 15 is 0 Å². The van der Waals surface area contributed by atoms with E-state index in [4.69, 9.17) is 4.52 Å². The van der Waals surface area contributed by atoms with E-state index in [2.05, 4.69) is 10.5 Å². The first-order chi connectivity index (χ1) is 12.8. The minimum absolute atomic E-state index is 0.00653. The smallest absolute Gasteiger partial charge is 0.392 e. The molecule has 3 rings (SSSR count). The van der Waals surface area contributed by atoms with Gasteiger partial charge >= 0.3 is 6.18 Å². The predicted molar refractivity (Wildman–Crippen MR) is 89.6 cm³/mol. The number of likely N-dealkylation sites (tertiary alicyclic amines) is 1. The first-order valence-electron chi connectivity index (χ1n) is 8.62. The summed E-state index contributed by atoms with van der Waals surface area (Å²) in [6.07, 6.45) is -3.22. The Hall–Kier alpha value is -2.39. The molecule has 1 fully saturated rings. The summed E-state index contributed by atoms with van der Waals surface area (Å²) in [4.78, 5) is 14.2. The molecule has 2 heterocycles. The molecule has 1 saturated heterocycles. The number of aliphatic hydroxyl groups is 1. The van der Waals surface area contributed by atoms with Crippen LogP contribution in [0.3, 0.4) is 0 Å². The van der Waals surface area contributed by atoms with E-state index in [0.29, 0.717) is 18.8 Å². The number of hydrogen-bond donors (Lipinski definition) is 2. The summed E-state index contributed by atoms with van der Waals surface area (Å²) in [5.74, 6) is -0.148. The van der Waals surface area contributed by atoms with Crippen LogP contribution >= 0.6 is 0 Å². The second kappa shape index (κ2) is 8.10. The summed E-state index contributed by atoms with van der Waals surface area (Å²) >= 11 is 0. The Balaban J connectivity index is 1.59. The molecule has 0 bridgehead atoms. The SMILES string of the molecule is O=C(NCc1ccccc1C(F)(F)F)c1cc(CN2CCC[C@H](O)C2)on1. The second-order valence-corrected chi connectivity index (χ2v) is 6.55. The van der Waals surface area contributed by atoms with Crippen LogP contribution in [-0.4, -0.2) is 40.3 Å². The zero-order chi connectivity index (χ0) is 19.4. The molecule has 1 amide bonds.